The van der Waals surface area contributed by atoms with E-state index in [2.05, 4.69) is 35.0 Å². The van der Waals surface area contributed by atoms with Gasteiger partial charge in [0.2, 0.25) is 0 Å². The van der Waals surface area contributed by atoms with Crippen LogP contribution in [0.4, 0.5) is 5.69 Å². The van der Waals surface area contributed by atoms with Crippen LogP contribution in [-0.4, -0.2) is 16.6 Å². The van der Waals surface area contributed by atoms with E-state index < -0.39 is 6.10 Å². The molecule has 0 radical (unpaired) electrons. The number of fused-ring (bicyclic) bond motifs is 3. The maximum absolute atomic E-state index is 12.6. The van der Waals surface area contributed by atoms with Crippen LogP contribution in [0, 0.1) is 0 Å². The smallest absolute Gasteiger partial charge is 0.265 e. The van der Waals surface area contributed by atoms with Crippen LogP contribution in [0.1, 0.15) is 13.8 Å². The number of rotatable bonds is 5. The molecule has 0 bridgehead atoms. The molecule has 0 aliphatic rings. The van der Waals surface area contributed by atoms with E-state index in [1.165, 1.54) is 10.9 Å². The Bertz CT molecular complexity index is 1150. The number of carbonyl (C=O) groups excluding carboxylic acids is 1. The van der Waals surface area contributed by atoms with Crippen molar-refractivity contribution in [3.63, 3.8) is 0 Å². The van der Waals surface area contributed by atoms with Gasteiger partial charge in [0, 0.05) is 39.1 Å². The minimum Gasteiger partial charge on any atom is -0.481 e. The van der Waals surface area contributed by atoms with Gasteiger partial charge >= 0.3 is 0 Å². The average Bonchev–Trinajstić information content (AvgIpc) is 3.02. The van der Waals surface area contributed by atoms with Gasteiger partial charge in [-0.15, -0.1) is 0 Å². The lowest BCUT2D eigenvalue weighted by Gasteiger charge is -2.15. The SMILES string of the molecule is CCn1c2ccccc2c2cc(NC(=O)[C@H](C)Oc3ccc(Cl)cc3)ccc21. The molecule has 1 amide bonds. The first-order valence-electron chi connectivity index (χ1n) is 9.31. The Balaban J connectivity index is 1.58. The lowest BCUT2D eigenvalue weighted by atomic mass is 10.1. The highest BCUT2D eigenvalue weighted by atomic mass is 35.5. The van der Waals surface area contributed by atoms with Crippen molar-refractivity contribution in [3.05, 3.63) is 71.8 Å². The maximum Gasteiger partial charge on any atom is 0.265 e. The Morgan fingerprint density at radius 1 is 1.04 bits per heavy atom. The maximum atomic E-state index is 12.6. The van der Waals surface area contributed by atoms with Crippen molar-refractivity contribution in [3.8, 4) is 5.75 Å². The molecular formula is C23H21ClN2O2. The first-order valence-corrected chi connectivity index (χ1v) is 9.68. The van der Waals surface area contributed by atoms with Gasteiger partial charge in [-0.25, -0.2) is 0 Å². The summed E-state index contributed by atoms with van der Waals surface area (Å²) in [7, 11) is 0. The highest BCUT2D eigenvalue weighted by Crippen LogP contribution is 2.31. The van der Waals surface area contributed by atoms with Crippen molar-refractivity contribution in [1.82, 2.24) is 4.57 Å². The predicted octanol–water partition coefficient (Wildman–Crippen LogP) is 5.87. The number of para-hydroxylation sites is 1. The normalized spacial score (nSPS) is 12.2. The zero-order chi connectivity index (χ0) is 19.7. The molecule has 142 valence electrons. The average molecular weight is 393 g/mol. The van der Waals surface area contributed by atoms with Gasteiger partial charge in [0.05, 0.1) is 0 Å². The summed E-state index contributed by atoms with van der Waals surface area (Å²) in [6.45, 7) is 4.75. The number of anilines is 1. The summed E-state index contributed by atoms with van der Waals surface area (Å²) in [6.07, 6.45) is -0.631. The molecule has 3 aromatic carbocycles. The number of benzene rings is 3. The second-order valence-electron chi connectivity index (χ2n) is 6.70. The van der Waals surface area contributed by atoms with Crippen LogP contribution < -0.4 is 10.1 Å². The first kappa shape index (κ1) is 18.4. The number of nitrogens with zero attached hydrogens (tertiary/aromatic N) is 1. The van der Waals surface area contributed by atoms with E-state index in [9.17, 15) is 4.79 Å². The lowest BCUT2D eigenvalue weighted by molar-refractivity contribution is -0.122. The zero-order valence-corrected chi connectivity index (χ0v) is 16.5. The van der Waals surface area contributed by atoms with E-state index >= 15 is 0 Å². The first-order chi connectivity index (χ1) is 13.6. The van der Waals surface area contributed by atoms with Crippen LogP contribution in [0.15, 0.2) is 66.7 Å². The summed E-state index contributed by atoms with van der Waals surface area (Å²) in [4.78, 5) is 12.6. The lowest BCUT2D eigenvalue weighted by Crippen LogP contribution is -2.30. The quantitative estimate of drug-likeness (QED) is 0.461. The molecule has 1 aromatic heterocycles. The number of carbonyl (C=O) groups is 1. The summed E-state index contributed by atoms with van der Waals surface area (Å²) in [5.41, 5.74) is 3.11. The number of hydrogen-bond donors (Lipinski definition) is 1. The molecule has 0 aliphatic heterocycles. The largest absolute Gasteiger partial charge is 0.481 e. The molecule has 28 heavy (non-hydrogen) atoms. The van der Waals surface area contributed by atoms with Gasteiger partial charge < -0.3 is 14.6 Å². The minimum atomic E-state index is -0.631. The molecule has 0 aliphatic carbocycles. The molecule has 0 unspecified atom stereocenters. The highest BCUT2D eigenvalue weighted by Gasteiger charge is 2.16. The summed E-state index contributed by atoms with van der Waals surface area (Å²) in [5, 5.41) is 5.89. The van der Waals surface area contributed by atoms with Crippen LogP contribution in [0.2, 0.25) is 5.02 Å². The fraction of sp³-hybridized carbons (Fsp3) is 0.174. The van der Waals surface area contributed by atoms with E-state index in [4.69, 9.17) is 16.3 Å². The van der Waals surface area contributed by atoms with Crippen molar-refractivity contribution in [2.75, 3.05) is 5.32 Å². The Morgan fingerprint density at radius 3 is 2.50 bits per heavy atom. The van der Waals surface area contributed by atoms with Crippen molar-refractivity contribution >= 4 is 45.0 Å². The van der Waals surface area contributed by atoms with Gasteiger partial charge in [-0.2, -0.15) is 0 Å². The molecule has 0 spiro atoms. The Morgan fingerprint density at radius 2 is 1.75 bits per heavy atom. The van der Waals surface area contributed by atoms with Crippen LogP contribution in [0.25, 0.3) is 21.8 Å². The van der Waals surface area contributed by atoms with Gasteiger partial charge in [-0.1, -0.05) is 29.8 Å². The molecule has 1 N–H and O–H groups in total. The van der Waals surface area contributed by atoms with Crippen LogP contribution in [0.5, 0.6) is 5.75 Å². The van der Waals surface area contributed by atoms with Crippen molar-refractivity contribution in [2.45, 2.75) is 26.5 Å². The molecule has 4 aromatic rings. The number of nitrogens with one attached hydrogen (secondary N) is 1. The molecule has 0 fully saturated rings. The van der Waals surface area contributed by atoms with Gasteiger partial charge in [-0.05, 0) is 62.4 Å². The molecule has 0 saturated heterocycles. The fourth-order valence-corrected chi connectivity index (χ4v) is 3.61. The van der Waals surface area contributed by atoms with E-state index in [1.54, 1.807) is 31.2 Å². The van der Waals surface area contributed by atoms with Gasteiger partial charge in [-0.3, -0.25) is 4.79 Å². The van der Waals surface area contributed by atoms with Gasteiger partial charge in [0.1, 0.15) is 5.75 Å². The van der Waals surface area contributed by atoms with E-state index in [0.717, 1.165) is 23.1 Å². The van der Waals surface area contributed by atoms with Crippen molar-refractivity contribution < 1.29 is 9.53 Å². The Hall–Kier alpha value is -2.98. The van der Waals surface area contributed by atoms with E-state index in [0.29, 0.717) is 10.8 Å². The standard InChI is InChI=1S/C23H21ClN2O2/c1-3-26-21-7-5-4-6-19(21)20-14-17(10-13-22(20)26)25-23(27)15(2)28-18-11-8-16(24)9-12-18/h4-15H,3H2,1-2H3,(H,25,27)/t15-/m0/s1. The third-order valence-corrected chi connectivity index (χ3v) is 5.10. The van der Waals surface area contributed by atoms with Crippen LogP contribution >= 0.6 is 11.6 Å². The third-order valence-electron chi connectivity index (χ3n) is 4.85. The monoisotopic (exact) mass is 392 g/mol. The highest BCUT2D eigenvalue weighted by molar-refractivity contribution is 6.30. The predicted molar refractivity (Wildman–Crippen MR) is 115 cm³/mol. The molecule has 1 atom stereocenters. The Labute approximate surface area is 168 Å². The van der Waals surface area contributed by atoms with Gasteiger partial charge in [0.25, 0.3) is 5.91 Å². The number of hydrogen-bond acceptors (Lipinski definition) is 2. The van der Waals surface area contributed by atoms with Crippen molar-refractivity contribution in [1.29, 1.82) is 0 Å². The van der Waals surface area contributed by atoms with Crippen LogP contribution in [0.3, 0.4) is 0 Å². The number of halogens is 1. The fourth-order valence-electron chi connectivity index (χ4n) is 3.49. The molecule has 0 saturated carbocycles. The Kier molecular flexibility index (Phi) is 4.97. The second-order valence-corrected chi connectivity index (χ2v) is 7.13. The van der Waals surface area contributed by atoms with E-state index in [-0.39, 0.29) is 5.91 Å². The van der Waals surface area contributed by atoms with E-state index in [1.807, 2.05) is 24.3 Å². The zero-order valence-electron chi connectivity index (χ0n) is 15.8. The molecule has 1 heterocycles. The molecule has 4 rings (SSSR count). The summed E-state index contributed by atoms with van der Waals surface area (Å²) < 4.78 is 7.99. The molecule has 4 nitrogen and oxygen atoms in total. The number of aryl methyl sites for hydroxylation is 1. The van der Waals surface area contributed by atoms with Gasteiger partial charge in [0.15, 0.2) is 6.10 Å². The summed E-state index contributed by atoms with van der Waals surface area (Å²) in [5.74, 6) is 0.405. The van der Waals surface area contributed by atoms with Crippen molar-refractivity contribution in [2.24, 2.45) is 0 Å². The minimum absolute atomic E-state index is 0.200. The third kappa shape index (κ3) is 3.43. The second kappa shape index (κ2) is 7.56. The molecular weight excluding hydrogens is 372 g/mol. The number of aromatic nitrogens is 1. The van der Waals surface area contributed by atoms with Crippen LogP contribution in [-0.2, 0) is 11.3 Å². The topological polar surface area (TPSA) is 43.3 Å². The molecule has 5 heteroatoms. The number of amides is 1. The summed E-state index contributed by atoms with van der Waals surface area (Å²) in [6, 6.07) is 21.3. The summed E-state index contributed by atoms with van der Waals surface area (Å²) >= 11 is 5.88. The number of ether oxygens (including phenoxy) is 1.